The minimum Gasteiger partial charge on any atom is -0.375 e. The highest BCUT2D eigenvalue weighted by molar-refractivity contribution is 5.76. The summed E-state index contributed by atoms with van der Waals surface area (Å²) >= 11 is 0. The highest BCUT2D eigenvalue weighted by atomic mass is 16.5. The van der Waals surface area contributed by atoms with E-state index < -0.39 is 0 Å². The molecule has 2 fully saturated rings. The van der Waals surface area contributed by atoms with E-state index >= 15 is 0 Å². The van der Waals surface area contributed by atoms with Gasteiger partial charge in [0, 0.05) is 25.5 Å². The average molecular weight is 291 g/mol. The van der Waals surface area contributed by atoms with Crippen molar-refractivity contribution in [3.63, 3.8) is 0 Å². The van der Waals surface area contributed by atoms with Crippen molar-refractivity contribution >= 4 is 5.91 Å². The molecule has 0 aromatic carbocycles. The minimum atomic E-state index is 0.149. The lowest BCUT2D eigenvalue weighted by Gasteiger charge is -2.35. The van der Waals surface area contributed by atoms with Crippen LogP contribution in [-0.4, -0.2) is 46.4 Å². The molecule has 1 saturated heterocycles. The lowest BCUT2D eigenvalue weighted by Crippen LogP contribution is -2.47. The first-order valence-electron chi connectivity index (χ1n) is 8.18. The summed E-state index contributed by atoms with van der Waals surface area (Å²) in [6.07, 6.45) is 11.7. The molecule has 0 bridgehead atoms. The molecule has 0 radical (unpaired) electrons. The number of nitrogens with zero attached hydrogens (tertiary/aromatic N) is 3. The van der Waals surface area contributed by atoms with Gasteiger partial charge in [0.1, 0.15) is 6.54 Å². The zero-order chi connectivity index (χ0) is 14.5. The van der Waals surface area contributed by atoms with Crippen molar-refractivity contribution in [2.75, 3.05) is 19.7 Å². The number of hydrogen-bond donors (Lipinski definition) is 0. The average Bonchev–Trinajstić information content (AvgIpc) is 3.01. The van der Waals surface area contributed by atoms with Crippen LogP contribution in [0.4, 0.5) is 0 Å². The van der Waals surface area contributed by atoms with Gasteiger partial charge in [-0.3, -0.25) is 9.48 Å². The molecular formula is C16H25N3O2. The Hall–Kier alpha value is -1.36. The molecular weight excluding hydrogens is 266 g/mol. The van der Waals surface area contributed by atoms with Crippen molar-refractivity contribution in [1.82, 2.24) is 14.7 Å². The number of rotatable bonds is 4. The summed E-state index contributed by atoms with van der Waals surface area (Å²) in [6.45, 7) is 2.46. The maximum atomic E-state index is 12.3. The van der Waals surface area contributed by atoms with Crippen molar-refractivity contribution in [2.45, 2.75) is 51.2 Å². The maximum Gasteiger partial charge on any atom is 0.244 e. The van der Waals surface area contributed by atoms with E-state index in [1.54, 1.807) is 10.9 Å². The van der Waals surface area contributed by atoms with Gasteiger partial charge in [-0.05, 0) is 18.4 Å². The predicted molar refractivity (Wildman–Crippen MR) is 79.7 cm³/mol. The SMILES string of the molecule is O=C(Cn1cccn1)N1CCOC(CC2CCCCC2)C1. The summed E-state index contributed by atoms with van der Waals surface area (Å²) in [6, 6.07) is 1.85. The van der Waals surface area contributed by atoms with Crippen LogP contribution >= 0.6 is 0 Å². The van der Waals surface area contributed by atoms with Gasteiger partial charge >= 0.3 is 0 Å². The zero-order valence-corrected chi connectivity index (χ0v) is 12.6. The molecule has 1 aliphatic heterocycles. The fourth-order valence-electron chi connectivity index (χ4n) is 3.52. The van der Waals surface area contributed by atoms with Gasteiger partial charge in [0.05, 0.1) is 12.7 Å². The van der Waals surface area contributed by atoms with Crippen molar-refractivity contribution in [2.24, 2.45) is 5.92 Å². The monoisotopic (exact) mass is 291 g/mol. The minimum absolute atomic E-state index is 0.149. The second kappa shape index (κ2) is 7.07. The van der Waals surface area contributed by atoms with Crippen LogP contribution in [0.2, 0.25) is 0 Å². The molecule has 0 N–H and O–H groups in total. The van der Waals surface area contributed by atoms with Crippen molar-refractivity contribution in [3.8, 4) is 0 Å². The number of morpholine rings is 1. The summed E-state index contributed by atoms with van der Waals surface area (Å²) in [7, 11) is 0. The second-order valence-electron chi connectivity index (χ2n) is 6.28. The molecule has 1 amide bonds. The van der Waals surface area contributed by atoms with Gasteiger partial charge in [-0.25, -0.2) is 0 Å². The van der Waals surface area contributed by atoms with E-state index in [4.69, 9.17) is 4.74 Å². The van der Waals surface area contributed by atoms with Crippen molar-refractivity contribution < 1.29 is 9.53 Å². The maximum absolute atomic E-state index is 12.3. The quantitative estimate of drug-likeness (QED) is 0.853. The Morgan fingerprint density at radius 3 is 2.90 bits per heavy atom. The van der Waals surface area contributed by atoms with E-state index in [9.17, 15) is 4.79 Å². The second-order valence-corrected chi connectivity index (χ2v) is 6.28. The van der Waals surface area contributed by atoms with Crippen LogP contribution in [0, 0.1) is 5.92 Å². The highest BCUT2D eigenvalue weighted by Gasteiger charge is 2.27. The number of amides is 1. The van der Waals surface area contributed by atoms with Crippen LogP contribution in [0.1, 0.15) is 38.5 Å². The molecule has 0 spiro atoms. The van der Waals surface area contributed by atoms with Crippen LogP contribution in [-0.2, 0) is 16.1 Å². The van der Waals surface area contributed by atoms with Crippen LogP contribution in [0.5, 0.6) is 0 Å². The van der Waals surface area contributed by atoms with Gasteiger partial charge in [0.25, 0.3) is 0 Å². The largest absolute Gasteiger partial charge is 0.375 e. The van der Waals surface area contributed by atoms with Gasteiger partial charge in [-0.15, -0.1) is 0 Å². The van der Waals surface area contributed by atoms with Crippen molar-refractivity contribution in [3.05, 3.63) is 18.5 Å². The van der Waals surface area contributed by atoms with E-state index in [1.165, 1.54) is 32.1 Å². The van der Waals surface area contributed by atoms with E-state index in [1.807, 2.05) is 17.2 Å². The van der Waals surface area contributed by atoms with Gasteiger partial charge in [0.15, 0.2) is 0 Å². The molecule has 5 nitrogen and oxygen atoms in total. The Labute approximate surface area is 126 Å². The normalized spacial score (nSPS) is 24.2. The van der Waals surface area contributed by atoms with E-state index in [-0.39, 0.29) is 12.0 Å². The molecule has 5 heteroatoms. The number of ether oxygens (including phenoxy) is 1. The lowest BCUT2D eigenvalue weighted by atomic mass is 9.85. The van der Waals surface area contributed by atoms with Gasteiger partial charge in [-0.2, -0.15) is 5.10 Å². The third kappa shape index (κ3) is 4.06. The summed E-state index contributed by atoms with van der Waals surface area (Å²) in [5.41, 5.74) is 0. The Morgan fingerprint density at radius 2 is 2.14 bits per heavy atom. The molecule has 116 valence electrons. The zero-order valence-electron chi connectivity index (χ0n) is 12.6. The number of carbonyl (C=O) groups excluding carboxylic acids is 1. The molecule has 1 aliphatic carbocycles. The molecule has 1 atom stereocenters. The summed E-state index contributed by atoms with van der Waals surface area (Å²) in [5.74, 6) is 0.945. The summed E-state index contributed by atoms with van der Waals surface area (Å²) in [4.78, 5) is 14.3. The summed E-state index contributed by atoms with van der Waals surface area (Å²) in [5, 5.41) is 4.10. The molecule has 21 heavy (non-hydrogen) atoms. The molecule has 3 rings (SSSR count). The Balaban J connectivity index is 1.49. The van der Waals surface area contributed by atoms with Gasteiger partial charge in [0.2, 0.25) is 5.91 Å². The molecule has 2 aliphatic rings. The molecule has 1 aromatic heterocycles. The molecule has 2 heterocycles. The number of carbonyl (C=O) groups is 1. The van der Waals surface area contributed by atoms with Gasteiger partial charge < -0.3 is 9.64 Å². The fraction of sp³-hybridized carbons (Fsp3) is 0.750. The molecule has 1 aromatic rings. The van der Waals surface area contributed by atoms with E-state index in [0.717, 1.165) is 18.9 Å². The number of aromatic nitrogens is 2. The Morgan fingerprint density at radius 1 is 1.29 bits per heavy atom. The first-order chi connectivity index (χ1) is 10.3. The summed E-state index contributed by atoms with van der Waals surface area (Å²) < 4.78 is 7.57. The Kier molecular flexibility index (Phi) is 4.91. The van der Waals surface area contributed by atoms with E-state index in [0.29, 0.717) is 19.7 Å². The third-order valence-corrected chi connectivity index (χ3v) is 4.67. The predicted octanol–water partition coefficient (Wildman–Crippen LogP) is 2.08. The van der Waals surface area contributed by atoms with Crippen LogP contribution in [0.3, 0.4) is 0 Å². The standard InChI is InChI=1S/C16H25N3O2/c20-16(13-19-8-4-7-17-19)18-9-10-21-15(12-18)11-14-5-2-1-3-6-14/h4,7-8,14-15H,1-3,5-6,9-13H2. The van der Waals surface area contributed by atoms with Gasteiger partial charge in [-0.1, -0.05) is 32.1 Å². The van der Waals surface area contributed by atoms with Crippen molar-refractivity contribution in [1.29, 1.82) is 0 Å². The number of hydrogen-bond acceptors (Lipinski definition) is 3. The molecule has 1 unspecified atom stereocenters. The third-order valence-electron chi connectivity index (χ3n) is 4.67. The fourth-order valence-corrected chi connectivity index (χ4v) is 3.52. The lowest BCUT2D eigenvalue weighted by molar-refractivity contribution is -0.140. The highest BCUT2D eigenvalue weighted by Crippen LogP contribution is 2.28. The van der Waals surface area contributed by atoms with Crippen LogP contribution < -0.4 is 0 Å². The van der Waals surface area contributed by atoms with E-state index in [2.05, 4.69) is 5.10 Å². The van der Waals surface area contributed by atoms with Crippen LogP contribution in [0.25, 0.3) is 0 Å². The first-order valence-corrected chi connectivity index (χ1v) is 8.18. The smallest absolute Gasteiger partial charge is 0.244 e. The first kappa shape index (κ1) is 14.6. The topological polar surface area (TPSA) is 47.4 Å². The Bertz CT molecular complexity index is 440. The van der Waals surface area contributed by atoms with Crippen LogP contribution in [0.15, 0.2) is 18.5 Å². The molecule has 1 saturated carbocycles.